The summed E-state index contributed by atoms with van der Waals surface area (Å²) >= 11 is 0. The van der Waals surface area contributed by atoms with E-state index in [2.05, 4.69) is 4.84 Å². The summed E-state index contributed by atoms with van der Waals surface area (Å²) in [4.78, 5) is 4.41. The van der Waals surface area contributed by atoms with Crippen molar-refractivity contribution >= 4 is 0 Å². The van der Waals surface area contributed by atoms with Crippen LogP contribution in [0, 0.1) is 12.7 Å². The second-order valence-electron chi connectivity index (χ2n) is 4.34. The average Bonchev–Trinajstić information content (AvgIpc) is 2.41. The zero-order chi connectivity index (χ0) is 13.7. The lowest BCUT2D eigenvalue weighted by Crippen LogP contribution is -2.02. The Kier molecular flexibility index (Phi) is 4.49. The van der Waals surface area contributed by atoms with Crippen LogP contribution >= 0.6 is 0 Å². The van der Waals surface area contributed by atoms with E-state index < -0.39 is 0 Å². The molecule has 0 aliphatic heterocycles. The van der Waals surface area contributed by atoms with Gasteiger partial charge < -0.3 is 4.74 Å². The molecule has 19 heavy (non-hydrogen) atoms. The van der Waals surface area contributed by atoms with Gasteiger partial charge in [0.05, 0.1) is 6.61 Å². The van der Waals surface area contributed by atoms with Crippen LogP contribution in [0.15, 0.2) is 42.5 Å². The molecule has 0 saturated heterocycles. The maximum Gasteiger partial charge on any atom is 0.132 e. The smallest absolute Gasteiger partial charge is 0.132 e. The third-order valence-corrected chi connectivity index (χ3v) is 2.79. The molecule has 0 unspecified atom stereocenters. The topological polar surface area (TPSA) is 44.5 Å². The molecule has 2 aromatic rings. The highest BCUT2D eigenvalue weighted by atomic mass is 19.1. The van der Waals surface area contributed by atoms with Gasteiger partial charge in [-0.05, 0) is 18.6 Å². The Bertz CT molecular complexity index is 540. The highest BCUT2D eigenvalue weighted by molar-refractivity contribution is 5.29. The third-order valence-electron chi connectivity index (χ3n) is 2.79. The van der Waals surface area contributed by atoms with Gasteiger partial charge in [0.1, 0.15) is 18.2 Å². The van der Waals surface area contributed by atoms with Crippen LogP contribution in [0.3, 0.4) is 0 Å². The quantitative estimate of drug-likeness (QED) is 0.841. The molecule has 2 N–H and O–H groups in total. The van der Waals surface area contributed by atoms with Gasteiger partial charge in [-0.15, -0.1) is 0 Å². The number of hydrogen-bond donors (Lipinski definition) is 1. The Morgan fingerprint density at radius 2 is 1.79 bits per heavy atom. The number of benzene rings is 2. The van der Waals surface area contributed by atoms with Gasteiger partial charge in [-0.1, -0.05) is 35.9 Å². The van der Waals surface area contributed by atoms with Gasteiger partial charge in [0.15, 0.2) is 0 Å². The summed E-state index contributed by atoms with van der Waals surface area (Å²) in [7, 11) is 0. The van der Waals surface area contributed by atoms with Crippen LogP contribution < -0.4 is 10.6 Å². The largest absolute Gasteiger partial charge is 0.489 e. The Hall–Kier alpha value is -1.91. The fourth-order valence-electron chi connectivity index (χ4n) is 1.68. The third kappa shape index (κ3) is 3.77. The van der Waals surface area contributed by atoms with Crippen LogP contribution in [0.2, 0.25) is 0 Å². The molecule has 0 aliphatic carbocycles. The van der Waals surface area contributed by atoms with E-state index in [0.29, 0.717) is 17.9 Å². The van der Waals surface area contributed by atoms with Gasteiger partial charge >= 0.3 is 0 Å². The molecular weight excluding hydrogens is 245 g/mol. The van der Waals surface area contributed by atoms with Crippen LogP contribution in [0.1, 0.15) is 16.7 Å². The van der Waals surface area contributed by atoms with Crippen molar-refractivity contribution in [2.24, 2.45) is 5.90 Å². The van der Waals surface area contributed by atoms with E-state index in [9.17, 15) is 4.39 Å². The second-order valence-corrected chi connectivity index (χ2v) is 4.34. The van der Waals surface area contributed by atoms with Crippen LogP contribution in [-0.4, -0.2) is 0 Å². The zero-order valence-corrected chi connectivity index (χ0v) is 10.7. The van der Waals surface area contributed by atoms with E-state index in [1.807, 2.05) is 31.2 Å². The Balaban J connectivity index is 1.99. The summed E-state index contributed by atoms with van der Waals surface area (Å²) in [5.41, 5.74) is 2.64. The van der Waals surface area contributed by atoms with Crippen molar-refractivity contribution in [3.05, 3.63) is 65.0 Å². The summed E-state index contributed by atoms with van der Waals surface area (Å²) < 4.78 is 19.1. The molecule has 100 valence electrons. The molecule has 0 radical (unpaired) electrons. The van der Waals surface area contributed by atoms with Gasteiger partial charge in [-0.3, -0.25) is 4.84 Å². The number of rotatable bonds is 5. The van der Waals surface area contributed by atoms with Crippen molar-refractivity contribution < 1.29 is 14.0 Å². The Morgan fingerprint density at radius 3 is 2.42 bits per heavy atom. The fourth-order valence-corrected chi connectivity index (χ4v) is 1.68. The van der Waals surface area contributed by atoms with Gasteiger partial charge in [0, 0.05) is 11.6 Å². The first-order valence-electron chi connectivity index (χ1n) is 5.97. The summed E-state index contributed by atoms with van der Waals surface area (Å²) in [6, 6.07) is 12.6. The molecule has 0 aromatic heterocycles. The molecule has 0 aliphatic rings. The molecule has 4 heteroatoms. The molecule has 3 nitrogen and oxygen atoms in total. The number of hydrogen-bond acceptors (Lipinski definition) is 3. The SMILES string of the molecule is Cc1ccc(COc2ccc(CON)c(F)c2)cc1. The van der Waals surface area contributed by atoms with Gasteiger partial charge in [-0.25, -0.2) is 10.3 Å². The predicted molar refractivity (Wildman–Crippen MR) is 70.9 cm³/mol. The second kappa shape index (κ2) is 6.31. The van der Waals surface area contributed by atoms with Crippen molar-refractivity contribution in [1.82, 2.24) is 0 Å². The average molecular weight is 261 g/mol. The standard InChI is InChI=1S/C15H16FNO2/c1-11-2-4-12(5-3-11)9-18-14-7-6-13(10-19-17)15(16)8-14/h2-8H,9-10,17H2,1H3. The van der Waals surface area contributed by atoms with E-state index in [1.54, 1.807) is 12.1 Å². The molecule has 2 rings (SSSR count). The highest BCUT2D eigenvalue weighted by Gasteiger charge is 2.04. The monoisotopic (exact) mass is 261 g/mol. The lowest BCUT2D eigenvalue weighted by Gasteiger charge is -2.08. The first-order chi connectivity index (χ1) is 9.19. The lowest BCUT2D eigenvalue weighted by atomic mass is 10.2. The van der Waals surface area contributed by atoms with E-state index in [1.165, 1.54) is 11.6 Å². The van der Waals surface area contributed by atoms with Crippen molar-refractivity contribution in [2.75, 3.05) is 0 Å². The van der Waals surface area contributed by atoms with Gasteiger partial charge in [0.2, 0.25) is 0 Å². The first kappa shape index (κ1) is 13.5. The number of nitrogens with two attached hydrogens (primary N) is 1. The van der Waals surface area contributed by atoms with Gasteiger partial charge in [-0.2, -0.15) is 0 Å². The number of halogens is 1. The molecule has 2 aromatic carbocycles. The van der Waals surface area contributed by atoms with E-state index >= 15 is 0 Å². The minimum Gasteiger partial charge on any atom is -0.489 e. The summed E-state index contributed by atoms with van der Waals surface area (Å²) in [6.45, 7) is 2.48. The van der Waals surface area contributed by atoms with Crippen molar-refractivity contribution in [1.29, 1.82) is 0 Å². The maximum absolute atomic E-state index is 13.6. The molecule has 0 fully saturated rings. The molecular formula is C15H16FNO2. The Labute approximate surface area is 111 Å². The minimum absolute atomic E-state index is 0.0457. The van der Waals surface area contributed by atoms with Crippen LogP contribution in [0.5, 0.6) is 5.75 Å². The number of aryl methyl sites for hydroxylation is 1. The molecule has 0 saturated carbocycles. The van der Waals surface area contributed by atoms with E-state index in [0.717, 1.165) is 5.56 Å². The van der Waals surface area contributed by atoms with E-state index in [-0.39, 0.29) is 12.4 Å². The molecule has 0 atom stereocenters. The highest BCUT2D eigenvalue weighted by Crippen LogP contribution is 2.18. The summed E-state index contributed by atoms with van der Waals surface area (Å²) in [6.07, 6.45) is 0. The summed E-state index contributed by atoms with van der Waals surface area (Å²) in [5.74, 6) is 5.02. The lowest BCUT2D eigenvalue weighted by molar-refractivity contribution is 0.121. The van der Waals surface area contributed by atoms with Gasteiger partial charge in [0.25, 0.3) is 0 Å². The molecule has 0 heterocycles. The fraction of sp³-hybridized carbons (Fsp3) is 0.200. The molecule has 0 bridgehead atoms. The first-order valence-corrected chi connectivity index (χ1v) is 5.97. The van der Waals surface area contributed by atoms with Crippen molar-refractivity contribution in [3.8, 4) is 5.75 Å². The normalized spacial score (nSPS) is 10.5. The molecule has 0 amide bonds. The Morgan fingerprint density at radius 1 is 1.05 bits per heavy atom. The van der Waals surface area contributed by atoms with Crippen LogP contribution in [-0.2, 0) is 18.1 Å². The summed E-state index contributed by atoms with van der Waals surface area (Å²) in [5, 5.41) is 0. The predicted octanol–water partition coefficient (Wildman–Crippen LogP) is 3.10. The van der Waals surface area contributed by atoms with E-state index in [4.69, 9.17) is 10.6 Å². The molecule has 0 spiro atoms. The van der Waals surface area contributed by atoms with Crippen LogP contribution in [0.4, 0.5) is 4.39 Å². The minimum atomic E-state index is -0.383. The maximum atomic E-state index is 13.6. The van der Waals surface area contributed by atoms with Crippen molar-refractivity contribution in [2.45, 2.75) is 20.1 Å². The number of ether oxygens (including phenoxy) is 1. The van der Waals surface area contributed by atoms with Crippen LogP contribution in [0.25, 0.3) is 0 Å². The van der Waals surface area contributed by atoms with Crippen molar-refractivity contribution in [3.63, 3.8) is 0 Å². The zero-order valence-electron chi connectivity index (χ0n) is 10.7.